The molecule has 0 spiro atoms. The number of carboxylic acid groups (broad SMARTS) is 1. The summed E-state index contributed by atoms with van der Waals surface area (Å²) in [5.41, 5.74) is -2.16. The fraction of sp³-hybridized carbons (Fsp3) is 0.333. The lowest BCUT2D eigenvalue weighted by Gasteiger charge is -2.14. The van der Waals surface area contributed by atoms with Crippen LogP contribution in [0.2, 0.25) is 0 Å². The highest BCUT2D eigenvalue weighted by atomic mass is 19.4. The molecule has 1 rings (SSSR count). The molecule has 0 aliphatic rings. The number of aliphatic hydroxyl groups excluding tert-OH is 1. The predicted molar refractivity (Wildman–Crippen MR) is 62.0 cm³/mol. The number of aliphatic carboxylic acids is 1. The SMILES string of the molecule is O=C(N[C@@H](CCO)C(=O)O)c1ccc(F)c(C(F)(F)F)c1. The third-order valence-electron chi connectivity index (χ3n) is 2.56. The molecule has 0 fully saturated rings. The van der Waals surface area contributed by atoms with Crippen molar-refractivity contribution in [3.8, 4) is 0 Å². The minimum atomic E-state index is -4.97. The molecule has 3 N–H and O–H groups in total. The monoisotopic (exact) mass is 309 g/mol. The third-order valence-corrected chi connectivity index (χ3v) is 2.56. The first kappa shape index (κ1) is 16.9. The van der Waals surface area contributed by atoms with Gasteiger partial charge in [-0.15, -0.1) is 0 Å². The number of nitrogens with one attached hydrogen (secondary N) is 1. The number of halogens is 4. The lowest BCUT2D eigenvalue weighted by atomic mass is 10.1. The minimum Gasteiger partial charge on any atom is -0.480 e. The summed E-state index contributed by atoms with van der Waals surface area (Å²) < 4.78 is 50.6. The molecule has 0 aliphatic heterocycles. The molecule has 0 heterocycles. The van der Waals surface area contributed by atoms with Crippen molar-refractivity contribution < 1.29 is 37.4 Å². The molecule has 1 aromatic rings. The van der Waals surface area contributed by atoms with E-state index in [1.165, 1.54) is 0 Å². The van der Waals surface area contributed by atoms with Crippen molar-refractivity contribution in [1.29, 1.82) is 0 Å². The molecule has 0 radical (unpaired) electrons. The van der Waals surface area contributed by atoms with Gasteiger partial charge in [0.15, 0.2) is 0 Å². The molecule has 116 valence electrons. The van der Waals surface area contributed by atoms with Crippen LogP contribution in [0, 0.1) is 5.82 Å². The van der Waals surface area contributed by atoms with Gasteiger partial charge in [-0.25, -0.2) is 9.18 Å². The highest BCUT2D eigenvalue weighted by molar-refractivity contribution is 5.96. The Hall–Kier alpha value is -2.16. The molecule has 0 aliphatic carbocycles. The van der Waals surface area contributed by atoms with E-state index in [0.29, 0.717) is 12.1 Å². The van der Waals surface area contributed by atoms with Crippen molar-refractivity contribution in [2.24, 2.45) is 0 Å². The second-order valence-corrected chi connectivity index (χ2v) is 4.07. The van der Waals surface area contributed by atoms with Gasteiger partial charge < -0.3 is 15.5 Å². The summed E-state index contributed by atoms with van der Waals surface area (Å²) >= 11 is 0. The maximum Gasteiger partial charge on any atom is 0.419 e. The van der Waals surface area contributed by atoms with E-state index >= 15 is 0 Å². The van der Waals surface area contributed by atoms with Crippen molar-refractivity contribution in [2.45, 2.75) is 18.6 Å². The maximum atomic E-state index is 13.1. The second-order valence-electron chi connectivity index (χ2n) is 4.07. The van der Waals surface area contributed by atoms with Gasteiger partial charge in [0.1, 0.15) is 11.9 Å². The lowest BCUT2D eigenvalue weighted by molar-refractivity contribution is -0.140. The normalized spacial score (nSPS) is 12.8. The molecule has 0 unspecified atom stereocenters. The number of carboxylic acids is 1. The molecule has 0 saturated heterocycles. The van der Waals surface area contributed by atoms with Gasteiger partial charge >= 0.3 is 12.1 Å². The Kier molecular flexibility index (Phi) is 5.25. The van der Waals surface area contributed by atoms with Gasteiger partial charge in [0.2, 0.25) is 0 Å². The predicted octanol–water partition coefficient (Wildman–Crippen LogP) is 1.41. The van der Waals surface area contributed by atoms with E-state index in [1.54, 1.807) is 0 Å². The van der Waals surface area contributed by atoms with Crippen molar-refractivity contribution in [3.05, 3.63) is 35.1 Å². The molecule has 0 saturated carbocycles. The number of carbonyl (C=O) groups is 2. The Morgan fingerprint density at radius 2 is 1.90 bits per heavy atom. The van der Waals surface area contributed by atoms with Crippen LogP contribution < -0.4 is 5.32 Å². The Balaban J connectivity index is 3.00. The van der Waals surface area contributed by atoms with Crippen molar-refractivity contribution in [1.82, 2.24) is 5.32 Å². The highest BCUT2D eigenvalue weighted by Gasteiger charge is 2.35. The zero-order chi connectivity index (χ0) is 16.2. The van der Waals surface area contributed by atoms with Crippen LogP contribution in [-0.4, -0.2) is 34.7 Å². The number of benzene rings is 1. The zero-order valence-electron chi connectivity index (χ0n) is 10.4. The fourth-order valence-corrected chi connectivity index (χ4v) is 1.51. The van der Waals surface area contributed by atoms with Crippen LogP contribution in [0.4, 0.5) is 17.6 Å². The Labute approximate surface area is 116 Å². The van der Waals surface area contributed by atoms with Crippen LogP contribution in [0.5, 0.6) is 0 Å². The molecular weight excluding hydrogens is 298 g/mol. The quantitative estimate of drug-likeness (QED) is 0.718. The minimum absolute atomic E-state index is 0.294. The first-order chi connectivity index (χ1) is 9.66. The van der Waals surface area contributed by atoms with E-state index in [9.17, 15) is 27.2 Å². The summed E-state index contributed by atoms with van der Waals surface area (Å²) in [5, 5.41) is 19.3. The average molecular weight is 309 g/mol. The van der Waals surface area contributed by atoms with E-state index in [-0.39, 0.29) is 6.42 Å². The van der Waals surface area contributed by atoms with Crippen LogP contribution in [0.1, 0.15) is 22.3 Å². The highest BCUT2D eigenvalue weighted by Crippen LogP contribution is 2.31. The van der Waals surface area contributed by atoms with Gasteiger partial charge in [0, 0.05) is 18.6 Å². The summed E-state index contributed by atoms with van der Waals surface area (Å²) in [6.07, 6.45) is -5.29. The van der Waals surface area contributed by atoms with Gasteiger partial charge in [-0.2, -0.15) is 13.2 Å². The lowest BCUT2D eigenvalue weighted by Crippen LogP contribution is -2.41. The summed E-state index contributed by atoms with van der Waals surface area (Å²) in [6.45, 7) is -0.533. The number of hydrogen-bond donors (Lipinski definition) is 3. The third kappa shape index (κ3) is 4.42. The molecule has 1 aromatic carbocycles. The van der Waals surface area contributed by atoms with Crippen LogP contribution in [0.25, 0.3) is 0 Å². The maximum absolute atomic E-state index is 13.1. The molecule has 9 heteroatoms. The molecule has 5 nitrogen and oxygen atoms in total. The first-order valence-electron chi connectivity index (χ1n) is 5.68. The number of alkyl halides is 3. The summed E-state index contributed by atoms with van der Waals surface area (Å²) in [6, 6.07) is 0.113. The van der Waals surface area contributed by atoms with Crippen LogP contribution in [-0.2, 0) is 11.0 Å². The molecule has 0 bridgehead atoms. The van der Waals surface area contributed by atoms with Gasteiger partial charge in [0.05, 0.1) is 5.56 Å². The molecule has 21 heavy (non-hydrogen) atoms. The van der Waals surface area contributed by atoms with Crippen molar-refractivity contribution in [3.63, 3.8) is 0 Å². The van der Waals surface area contributed by atoms with E-state index in [2.05, 4.69) is 0 Å². The number of rotatable bonds is 5. The Morgan fingerprint density at radius 3 is 2.38 bits per heavy atom. The smallest absolute Gasteiger partial charge is 0.419 e. The van der Waals surface area contributed by atoms with Crippen LogP contribution in [0.15, 0.2) is 18.2 Å². The molecule has 1 amide bonds. The Bertz CT molecular complexity index is 545. The summed E-state index contributed by atoms with van der Waals surface area (Å²) in [7, 11) is 0. The standard InChI is InChI=1S/C12H11F4NO4/c13-8-2-1-6(5-7(8)12(14,15)16)10(19)17-9(3-4-18)11(20)21/h1-2,5,9,18H,3-4H2,(H,17,19)(H,20,21)/t9-/m0/s1. The molecule has 1 atom stereocenters. The number of hydrogen-bond acceptors (Lipinski definition) is 3. The van der Waals surface area contributed by atoms with Crippen LogP contribution in [0.3, 0.4) is 0 Å². The summed E-state index contributed by atoms with van der Waals surface area (Å²) in [5.74, 6) is -4.10. The Morgan fingerprint density at radius 1 is 1.29 bits per heavy atom. The number of aliphatic hydroxyl groups is 1. The van der Waals surface area contributed by atoms with Gasteiger partial charge in [-0.3, -0.25) is 4.79 Å². The van der Waals surface area contributed by atoms with Crippen LogP contribution >= 0.6 is 0 Å². The van der Waals surface area contributed by atoms with Crippen molar-refractivity contribution >= 4 is 11.9 Å². The fourth-order valence-electron chi connectivity index (χ4n) is 1.51. The van der Waals surface area contributed by atoms with Gasteiger partial charge in [-0.1, -0.05) is 0 Å². The summed E-state index contributed by atoms with van der Waals surface area (Å²) in [4.78, 5) is 22.4. The topological polar surface area (TPSA) is 86.6 Å². The van der Waals surface area contributed by atoms with E-state index in [0.717, 1.165) is 6.07 Å². The second kappa shape index (κ2) is 6.53. The molecular formula is C12H11F4NO4. The van der Waals surface area contributed by atoms with E-state index < -0.39 is 47.6 Å². The van der Waals surface area contributed by atoms with E-state index in [4.69, 9.17) is 10.2 Å². The van der Waals surface area contributed by atoms with Gasteiger partial charge in [-0.05, 0) is 18.2 Å². The number of carbonyl (C=O) groups excluding carboxylic acids is 1. The zero-order valence-corrected chi connectivity index (χ0v) is 10.4. The number of amides is 1. The largest absolute Gasteiger partial charge is 0.480 e. The molecule has 0 aromatic heterocycles. The first-order valence-corrected chi connectivity index (χ1v) is 5.68. The van der Waals surface area contributed by atoms with Crippen molar-refractivity contribution in [2.75, 3.05) is 6.61 Å². The van der Waals surface area contributed by atoms with Gasteiger partial charge in [0.25, 0.3) is 5.91 Å². The average Bonchev–Trinajstić information content (AvgIpc) is 2.37. The van der Waals surface area contributed by atoms with E-state index in [1.807, 2.05) is 5.32 Å².